The van der Waals surface area contributed by atoms with Crippen molar-refractivity contribution in [3.8, 4) is 0 Å². The molecule has 0 bridgehead atoms. The molecule has 5 N–H and O–H groups in total. The molecule has 0 spiro atoms. The summed E-state index contributed by atoms with van der Waals surface area (Å²) in [5.41, 5.74) is 11.0. The van der Waals surface area contributed by atoms with Crippen LogP contribution in [0.5, 0.6) is 0 Å². The van der Waals surface area contributed by atoms with Crippen LogP contribution < -0.4 is 16.8 Å². The number of carbonyl (C=O) groups is 2. The molecule has 1 heterocycles. The van der Waals surface area contributed by atoms with Crippen LogP contribution in [-0.4, -0.2) is 18.4 Å². The van der Waals surface area contributed by atoms with E-state index in [2.05, 4.69) is 21.2 Å². The second kappa shape index (κ2) is 5.65. The van der Waals surface area contributed by atoms with Crippen molar-refractivity contribution in [2.24, 2.45) is 11.1 Å². The van der Waals surface area contributed by atoms with Gasteiger partial charge in [0, 0.05) is 21.1 Å². The monoisotopic (exact) mass is 369 g/mol. The number of fused-ring (bicyclic) bond motifs is 1. The quantitative estimate of drug-likeness (QED) is 0.771. The average Bonchev–Trinajstić information content (AvgIpc) is 2.73. The summed E-state index contributed by atoms with van der Waals surface area (Å²) in [6.45, 7) is 3.53. The van der Waals surface area contributed by atoms with Crippen LogP contribution in [0.25, 0.3) is 10.1 Å². The maximum absolute atomic E-state index is 12.2. The van der Waals surface area contributed by atoms with Crippen molar-refractivity contribution in [2.75, 3.05) is 12.3 Å². The van der Waals surface area contributed by atoms with Crippen LogP contribution in [0.4, 0.5) is 5.69 Å². The van der Waals surface area contributed by atoms with E-state index in [0.717, 1.165) is 14.6 Å². The molecule has 0 radical (unpaired) electrons. The summed E-state index contributed by atoms with van der Waals surface area (Å²) in [6, 6.07) is 5.69. The minimum Gasteiger partial charge on any atom is -0.397 e. The highest BCUT2D eigenvalue weighted by Crippen LogP contribution is 2.35. The molecule has 5 nitrogen and oxygen atoms in total. The lowest BCUT2D eigenvalue weighted by atomic mass is 9.93. The molecule has 0 unspecified atom stereocenters. The Kier molecular flexibility index (Phi) is 4.25. The predicted molar refractivity (Wildman–Crippen MR) is 89.2 cm³/mol. The first-order valence-corrected chi connectivity index (χ1v) is 7.89. The molecule has 1 aromatic carbocycles. The number of nitrogens with one attached hydrogen (secondary N) is 1. The largest absolute Gasteiger partial charge is 0.397 e. The zero-order chi connectivity index (χ0) is 15.8. The van der Waals surface area contributed by atoms with Crippen molar-refractivity contribution < 1.29 is 9.59 Å². The van der Waals surface area contributed by atoms with Crippen LogP contribution in [0.1, 0.15) is 23.5 Å². The van der Waals surface area contributed by atoms with E-state index < -0.39 is 11.3 Å². The van der Waals surface area contributed by atoms with Crippen LogP contribution in [0.3, 0.4) is 0 Å². The normalized spacial score (nSPS) is 11.6. The number of benzene rings is 1. The zero-order valence-electron chi connectivity index (χ0n) is 11.7. The van der Waals surface area contributed by atoms with Gasteiger partial charge in [0.15, 0.2) is 0 Å². The molecular formula is C14H16BrN3O2S. The van der Waals surface area contributed by atoms with Crippen molar-refractivity contribution in [1.29, 1.82) is 0 Å². The summed E-state index contributed by atoms with van der Waals surface area (Å²) in [6.07, 6.45) is 0. The molecule has 7 heteroatoms. The summed E-state index contributed by atoms with van der Waals surface area (Å²) < 4.78 is 1.84. The Bertz CT molecular complexity index is 724. The van der Waals surface area contributed by atoms with Gasteiger partial charge in [-0.15, -0.1) is 11.3 Å². The van der Waals surface area contributed by atoms with Crippen LogP contribution >= 0.6 is 27.3 Å². The van der Waals surface area contributed by atoms with Crippen molar-refractivity contribution in [1.82, 2.24) is 5.32 Å². The van der Waals surface area contributed by atoms with Gasteiger partial charge in [-0.1, -0.05) is 15.9 Å². The number of primary amides is 1. The van der Waals surface area contributed by atoms with Gasteiger partial charge in [-0.3, -0.25) is 9.59 Å². The first-order valence-electron chi connectivity index (χ1n) is 6.28. The van der Waals surface area contributed by atoms with Gasteiger partial charge in [0.1, 0.15) is 4.88 Å². The molecular weight excluding hydrogens is 354 g/mol. The fourth-order valence-electron chi connectivity index (χ4n) is 1.73. The molecule has 0 fully saturated rings. The number of nitrogens with two attached hydrogens (primary N) is 2. The van der Waals surface area contributed by atoms with E-state index in [-0.39, 0.29) is 12.5 Å². The number of thiophene rings is 1. The number of hydrogen-bond acceptors (Lipinski definition) is 4. The SMILES string of the molecule is CC(C)(CNC(=O)c1sc2ccc(Br)cc2c1N)C(N)=O. The van der Waals surface area contributed by atoms with Crippen LogP contribution in [-0.2, 0) is 4.79 Å². The second-order valence-corrected chi connectivity index (χ2v) is 7.38. The van der Waals surface area contributed by atoms with Gasteiger partial charge in [0.25, 0.3) is 5.91 Å². The highest BCUT2D eigenvalue weighted by Gasteiger charge is 2.26. The second-order valence-electron chi connectivity index (χ2n) is 5.42. The van der Waals surface area contributed by atoms with E-state index in [0.29, 0.717) is 10.6 Å². The van der Waals surface area contributed by atoms with Crippen molar-refractivity contribution in [3.05, 3.63) is 27.5 Å². The Morgan fingerprint density at radius 3 is 2.67 bits per heavy atom. The van der Waals surface area contributed by atoms with E-state index in [1.165, 1.54) is 11.3 Å². The number of anilines is 1. The smallest absolute Gasteiger partial charge is 0.263 e. The molecule has 0 aliphatic carbocycles. The van der Waals surface area contributed by atoms with Gasteiger partial charge in [0.2, 0.25) is 5.91 Å². The zero-order valence-corrected chi connectivity index (χ0v) is 14.1. The number of hydrogen-bond donors (Lipinski definition) is 3. The summed E-state index contributed by atoms with van der Waals surface area (Å²) in [7, 11) is 0. The lowest BCUT2D eigenvalue weighted by molar-refractivity contribution is -0.125. The van der Waals surface area contributed by atoms with Gasteiger partial charge in [0.05, 0.1) is 11.1 Å². The summed E-state index contributed by atoms with van der Waals surface area (Å²) in [5, 5.41) is 3.56. The van der Waals surface area contributed by atoms with E-state index in [9.17, 15) is 9.59 Å². The molecule has 0 saturated heterocycles. The Labute approximate surface area is 134 Å². The first kappa shape index (κ1) is 15.8. The minimum atomic E-state index is -0.801. The van der Waals surface area contributed by atoms with E-state index in [4.69, 9.17) is 11.5 Å². The highest BCUT2D eigenvalue weighted by atomic mass is 79.9. The van der Waals surface area contributed by atoms with Gasteiger partial charge in [-0.05, 0) is 32.0 Å². The third-order valence-corrected chi connectivity index (χ3v) is 4.93. The number of rotatable bonds is 4. The molecule has 1 aromatic heterocycles. The molecule has 2 aromatic rings. The maximum Gasteiger partial charge on any atom is 0.263 e. The van der Waals surface area contributed by atoms with Crippen LogP contribution in [0, 0.1) is 5.41 Å². The predicted octanol–water partition coefficient (Wildman–Crippen LogP) is 2.49. The highest BCUT2D eigenvalue weighted by molar-refractivity contribution is 9.10. The standard InChI is InChI=1S/C14H16BrN3O2S/c1-14(2,13(17)20)6-18-12(19)11-10(16)8-5-7(15)3-4-9(8)21-11/h3-5H,6,16H2,1-2H3,(H2,17,20)(H,18,19). The van der Waals surface area contributed by atoms with Crippen molar-refractivity contribution >= 4 is 54.9 Å². The summed E-state index contributed by atoms with van der Waals surface area (Å²) >= 11 is 4.71. The fourth-order valence-corrected chi connectivity index (χ4v) is 3.11. The molecule has 21 heavy (non-hydrogen) atoms. The molecule has 112 valence electrons. The van der Waals surface area contributed by atoms with Crippen LogP contribution in [0.15, 0.2) is 22.7 Å². The number of carbonyl (C=O) groups excluding carboxylic acids is 2. The third-order valence-electron chi connectivity index (χ3n) is 3.25. The van der Waals surface area contributed by atoms with Gasteiger partial charge < -0.3 is 16.8 Å². The van der Waals surface area contributed by atoms with E-state index in [1.54, 1.807) is 13.8 Å². The Morgan fingerprint density at radius 1 is 1.38 bits per heavy atom. The first-order chi connectivity index (χ1) is 9.72. The topological polar surface area (TPSA) is 98.2 Å². The summed E-state index contributed by atoms with van der Waals surface area (Å²) in [5.74, 6) is -0.754. The molecule has 0 atom stereocenters. The fraction of sp³-hybridized carbons (Fsp3) is 0.286. The van der Waals surface area contributed by atoms with E-state index in [1.807, 2.05) is 18.2 Å². The number of amides is 2. The molecule has 0 aliphatic rings. The minimum absolute atomic E-state index is 0.165. The number of nitrogen functional groups attached to an aromatic ring is 1. The molecule has 2 rings (SSSR count). The van der Waals surface area contributed by atoms with Gasteiger partial charge in [-0.2, -0.15) is 0 Å². The van der Waals surface area contributed by atoms with Crippen LogP contribution in [0.2, 0.25) is 0 Å². The Balaban J connectivity index is 2.24. The maximum atomic E-state index is 12.2. The molecule has 2 amide bonds. The van der Waals surface area contributed by atoms with E-state index >= 15 is 0 Å². The van der Waals surface area contributed by atoms with Gasteiger partial charge >= 0.3 is 0 Å². The molecule has 0 saturated carbocycles. The average molecular weight is 370 g/mol. The Hall–Kier alpha value is -1.60. The van der Waals surface area contributed by atoms with Crippen molar-refractivity contribution in [3.63, 3.8) is 0 Å². The lowest BCUT2D eigenvalue weighted by Crippen LogP contribution is -2.42. The Morgan fingerprint density at radius 2 is 2.05 bits per heavy atom. The summed E-state index contributed by atoms with van der Waals surface area (Å²) in [4.78, 5) is 24.0. The third kappa shape index (κ3) is 3.19. The van der Waals surface area contributed by atoms with Crippen molar-refractivity contribution in [2.45, 2.75) is 13.8 Å². The lowest BCUT2D eigenvalue weighted by Gasteiger charge is -2.20. The molecule has 0 aliphatic heterocycles. The van der Waals surface area contributed by atoms with Gasteiger partial charge in [-0.25, -0.2) is 0 Å². The number of halogens is 1.